The average molecular weight is 325 g/mol. The molecule has 2 aromatic rings. The van der Waals surface area contributed by atoms with Gasteiger partial charge in [0.25, 0.3) is 0 Å². The maximum absolute atomic E-state index is 13.1. The molecule has 0 radical (unpaired) electrons. The fourth-order valence-corrected chi connectivity index (χ4v) is 2.10. The molecule has 0 fully saturated rings. The Labute approximate surface area is 132 Å². The Hall–Kier alpha value is -2.15. The van der Waals surface area contributed by atoms with Crippen LogP contribution < -0.4 is 0 Å². The lowest BCUT2D eigenvalue weighted by Gasteiger charge is -2.28. The third-order valence-corrected chi connectivity index (χ3v) is 3.35. The molecule has 23 heavy (non-hydrogen) atoms. The van der Waals surface area contributed by atoms with Crippen molar-refractivity contribution >= 4 is 11.8 Å². The van der Waals surface area contributed by atoms with Crippen molar-refractivity contribution in [2.24, 2.45) is 5.41 Å². The Morgan fingerprint density at radius 2 is 1.87 bits per heavy atom. The molecule has 0 spiro atoms. The van der Waals surface area contributed by atoms with Gasteiger partial charge in [0.2, 0.25) is 0 Å². The van der Waals surface area contributed by atoms with Gasteiger partial charge < -0.3 is 5.11 Å². The number of hydrogen-bond acceptors (Lipinski definition) is 3. The van der Waals surface area contributed by atoms with Crippen molar-refractivity contribution in [3.63, 3.8) is 0 Å². The van der Waals surface area contributed by atoms with Gasteiger partial charge in [-0.2, -0.15) is 18.3 Å². The SMILES string of the molecule is CC(C)(C)C(O)/C(=C\c1ccccc1C(F)(F)F)n1cncn1. The van der Waals surface area contributed by atoms with Crippen LogP contribution in [0.4, 0.5) is 13.2 Å². The largest absolute Gasteiger partial charge is 0.416 e. The van der Waals surface area contributed by atoms with E-state index in [1.807, 2.05) is 0 Å². The summed E-state index contributed by atoms with van der Waals surface area (Å²) in [6.07, 6.45) is -1.60. The first-order valence-corrected chi connectivity index (χ1v) is 7.01. The number of hydrogen-bond donors (Lipinski definition) is 1. The predicted octanol–water partition coefficient (Wildman–Crippen LogP) is 3.70. The van der Waals surface area contributed by atoms with Crippen LogP contribution in [-0.2, 0) is 6.18 Å². The van der Waals surface area contributed by atoms with E-state index in [9.17, 15) is 18.3 Å². The maximum atomic E-state index is 13.1. The zero-order valence-electron chi connectivity index (χ0n) is 13.0. The van der Waals surface area contributed by atoms with Gasteiger partial charge in [-0.15, -0.1) is 0 Å². The van der Waals surface area contributed by atoms with Crippen LogP contribution >= 0.6 is 0 Å². The molecule has 1 atom stereocenters. The summed E-state index contributed by atoms with van der Waals surface area (Å²) in [4.78, 5) is 3.80. The van der Waals surface area contributed by atoms with Gasteiger partial charge in [0, 0.05) is 0 Å². The number of aliphatic hydroxyl groups is 1. The third-order valence-electron chi connectivity index (χ3n) is 3.35. The molecule has 0 amide bonds. The summed E-state index contributed by atoms with van der Waals surface area (Å²) in [5.41, 5.74) is -1.15. The molecule has 2 rings (SSSR count). The molecule has 0 bridgehead atoms. The highest BCUT2D eigenvalue weighted by atomic mass is 19.4. The maximum Gasteiger partial charge on any atom is 0.416 e. The van der Waals surface area contributed by atoms with Crippen LogP contribution in [0.2, 0.25) is 0 Å². The molecule has 124 valence electrons. The highest BCUT2D eigenvalue weighted by molar-refractivity contribution is 5.74. The van der Waals surface area contributed by atoms with Crippen molar-refractivity contribution in [1.29, 1.82) is 0 Å². The van der Waals surface area contributed by atoms with E-state index in [1.165, 1.54) is 41.6 Å². The first-order valence-electron chi connectivity index (χ1n) is 7.01. The molecule has 1 unspecified atom stereocenters. The smallest absolute Gasteiger partial charge is 0.386 e. The van der Waals surface area contributed by atoms with Gasteiger partial charge in [0.05, 0.1) is 11.3 Å². The molecule has 0 aliphatic rings. The van der Waals surface area contributed by atoms with Crippen LogP contribution in [0, 0.1) is 5.41 Å². The Morgan fingerprint density at radius 3 is 2.39 bits per heavy atom. The van der Waals surface area contributed by atoms with Crippen LogP contribution in [0.1, 0.15) is 31.9 Å². The number of alkyl halides is 3. The summed E-state index contributed by atoms with van der Waals surface area (Å²) < 4.78 is 40.7. The first kappa shape index (κ1) is 17.2. The number of aliphatic hydroxyl groups excluding tert-OH is 1. The number of rotatable bonds is 3. The van der Waals surface area contributed by atoms with E-state index in [-0.39, 0.29) is 11.3 Å². The van der Waals surface area contributed by atoms with Gasteiger partial charge >= 0.3 is 6.18 Å². The average Bonchev–Trinajstić information content (AvgIpc) is 2.96. The van der Waals surface area contributed by atoms with E-state index in [0.29, 0.717) is 0 Å². The fraction of sp³-hybridized carbons (Fsp3) is 0.375. The second-order valence-corrected chi connectivity index (χ2v) is 6.26. The first-order chi connectivity index (χ1) is 10.6. The Bertz CT molecular complexity index is 685. The summed E-state index contributed by atoms with van der Waals surface area (Å²) >= 11 is 0. The van der Waals surface area contributed by atoms with Gasteiger partial charge in [0.1, 0.15) is 18.8 Å². The minimum Gasteiger partial charge on any atom is -0.386 e. The van der Waals surface area contributed by atoms with Gasteiger partial charge in [-0.3, -0.25) is 0 Å². The van der Waals surface area contributed by atoms with Crippen LogP contribution in [0.3, 0.4) is 0 Å². The molecule has 0 aliphatic carbocycles. The van der Waals surface area contributed by atoms with Gasteiger partial charge in [-0.05, 0) is 23.1 Å². The van der Waals surface area contributed by atoms with E-state index in [1.54, 1.807) is 20.8 Å². The van der Waals surface area contributed by atoms with Crippen molar-refractivity contribution in [2.75, 3.05) is 0 Å². The number of halogens is 3. The monoisotopic (exact) mass is 325 g/mol. The van der Waals surface area contributed by atoms with Gasteiger partial charge in [-0.25, -0.2) is 9.67 Å². The van der Waals surface area contributed by atoms with Crippen LogP contribution in [0.25, 0.3) is 11.8 Å². The summed E-state index contributed by atoms with van der Waals surface area (Å²) in [6.45, 7) is 5.37. The molecule has 0 saturated heterocycles. The summed E-state index contributed by atoms with van der Waals surface area (Å²) in [7, 11) is 0. The molecular weight excluding hydrogens is 307 g/mol. The van der Waals surface area contributed by atoms with E-state index in [2.05, 4.69) is 10.1 Å². The quantitative estimate of drug-likeness (QED) is 0.936. The second-order valence-electron chi connectivity index (χ2n) is 6.26. The van der Waals surface area contributed by atoms with Crippen LogP contribution in [-0.4, -0.2) is 26.0 Å². The number of benzene rings is 1. The topological polar surface area (TPSA) is 50.9 Å². The highest BCUT2D eigenvalue weighted by Crippen LogP contribution is 2.35. The molecule has 1 heterocycles. The molecule has 7 heteroatoms. The van der Waals surface area contributed by atoms with E-state index in [4.69, 9.17) is 0 Å². The predicted molar refractivity (Wildman–Crippen MR) is 81.1 cm³/mol. The minimum absolute atomic E-state index is 0.0335. The Balaban J connectivity index is 2.60. The van der Waals surface area contributed by atoms with Crippen molar-refractivity contribution in [1.82, 2.24) is 14.8 Å². The fourth-order valence-electron chi connectivity index (χ4n) is 2.10. The molecule has 1 aromatic carbocycles. The van der Waals surface area contributed by atoms with Crippen LogP contribution in [0.5, 0.6) is 0 Å². The Kier molecular flexibility index (Phi) is 4.61. The molecule has 1 aromatic heterocycles. The highest BCUT2D eigenvalue weighted by Gasteiger charge is 2.33. The second kappa shape index (κ2) is 6.16. The van der Waals surface area contributed by atoms with Crippen molar-refractivity contribution in [3.05, 3.63) is 48.0 Å². The normalized spacial score (nSPS) is 14.8. The van der Waals surface area contributed by atoms with Gasteiger partial charge in [-0.1, -0.05) is 39.0 Å². The van der Waals surface area contributed by atoms with E-state index >= 15 is 0 Å². The molecular formula is C16H18F3N3O. The molecule has 4 nitrogen and oxygen atoms in total. The van der Waals surface area contributed by atoms with Crippen LogP contribution in [0.15, 0.2) is 36.9 Å². The summed E-state index contributed by atoms with van der Waals surface area (Å²) in [5.74, 6) is 0. The van der Waals surface area contributed by atoms with Crippen molar-refractivity contribution in [2.45, 2.75) is 33.1 Å². The van der Waals surface area contributed by atoms with Crippen molar-refractivity contribution in [3.8, 4) is 0 Å². The standard InChI is InChI=1S/C16H18F3N3O/c1-15(2,3)14(23)13(22-10-20-9-21-22)8-11-6-4-5-7-12(11)16(17,18)19/h4-10,14,23H,1-3H3/b13-8+. The summed E-state index contributed by atoms with van der Waals surface area (Å²) in [6, 6.07) is 5.21. The lowest BCUT2D eigenvalue weighted by molar-refractivity contribution is -0.137. The zero-order valence-corrected chi connectivity index (χ0v) is 13.0. The van der Waals surface area contributed by atoms with Crippen molar-refractivity contribution < 1.29 is 18.3 Å². The lowest BCUT2D eigenvalue weighted by atomic mass is 9.86. The minimum atomic E-state index is -4.48. The summed E-state index contributed by atoms with van der Waals surface area (Å²) in [5, 5.41) is 14.5. The van der Waals surface area contributed by atoms with E-state index in [0.717, 1.165) is 6.07 Å². The zero-order chi connectivity index (χ0) is 17.3. The number of aromatic nitrogens is 3. The molecule has 1 N–H and O–H groups in total. The number of nitrogens with zero attached hydrogens (tertiary/aromatic N) is 3. The van der Waals surface area contributed by atoms with E-state index < -0.39 is 23.3 Å². The van der Waals surface area contributed by atoms with Gasteiger partial charge in [0.15, 0.2) is 0 Å². The third kappa shape index (κ3) is 3.98. The Morgan fingerprint density at radius 1 is 1.22 bits per heavy atom. The molecule has 0 saturated carbocycles. The molecule has 0 aliphatic heterocycles. The lowest BCUT2D eigenvalue weighted by Crippen LogP contribution is -2.29.